The Morgan fingerprint density at radius 2 is 1.90 bits per heavy atom. The molecule has 1 saturated heterocycles. The van der Waals surface area contributed by atoms with Crippen LogP contribution in [0.25, 0.3) is 10.9 Å². The minimum absolute atomic E-state index is 0.135. The zero-order chi connectivity index (χ0) is 20.2. The molecule has 6 heteroatoms. The van der Waals surface area contributed by atoms with Crippen LogP contribution in [0.3, 0.4) is 0 Å². The number of hydrogen-bond donors (Lipinski definition) is 0. The fourth-order valence-electron chi connectivity index (χ4n) is 4.54. The van der Waals surface area contributed by atoms with Gasteiger partial charge in [0.25, 0.3) is 0 Å². The largest absolute Gasteiger partial charge is 0.356 e. The van der Waals surface area contributed by atoms with Gasteiger partial charge in [0.15, 0.2) is 0 Å². The summed E-state index contributed by atoms with van der Waals surface area (Å²) in [5, 5.41) is 0.802. The van der Waals surface area contributed by atoms with Crippen molar-refractivity contribution in [3.8, 4) is 0 Å². The van der Waals surface area contributed by atoms with Crippen molar-refractivity contribution in [2.45, 2.75) is 38.1 Å². The van der Waals surface area contributed by atoms with Crippen molar-refractivity contribution in [3.05, 3.63) is 60.0 Å². The lowest BCUT2D eigenvalue weighted by atomic mass is 9.87. The van der Waals surface area contributed by atoms with Gasteiger partial charge in [-0.3, -0.25) is 9.69 Å². The average molecular weight is 390 g/mol. The van der Waals surface area contributed by atoms with E-state index in [2.05, 4.69) is 9.88 Å². The lowest BCUT2D eigenvalue weighted by molar-refractivity contribution is -0.122. The standard InChI is InChI=1S/C23H23FN4O/c1-23(2)18-4-3-11-25-21(18)28(22(23)29)17-9-12-27(13-10-17)20-8-5-15-14-16(24)6-7-19(15)26-20/h3-8,11,14,17H,9-10,12-13H2,1-2H3. The molecule has 2 aromatic heterocycles. The number of benzene rings is 1. The lowest BCUT2D eigenvalue weighted by Crippen LogP contribution is -2.49. The predicted octanol–water partition coefficient (Wildman–Crippen LogP) is 4.06. The number of halogens is 1. The average Bonchev–Trinajstić information content (AvgIpc) is 2.94. The summed E-state index contributed by atoms with van der Waals surface area (Å²) in [6, 6.07) is 12.6. The fraction of sp³-hybridized carbons (Fsp3) is 0.348. The van der Waals surface area contributed by atoms with Crippen LogP contribution in [-0.2, 0) is 10.2 Å². The van der Waals surface area contributed by atoms with Gasteiger partial charge < -0.3 is 4.90 Å². The first-order chi connectivity index (χ1) is 13.9. The van der Waals surface area contributed by atoms with E-state index in [-0.39, 0.29) is 17.8 Å². The third-order valence-corrected chi connectivity index (χ3v) is 6.23. The van der Waals surface area contributed by atoms with E-state index in [1.165, 1.54) is 12.1 Å². The molecule has 1 fully saturated rings. The van der Waals surface area contributed by atoms with Crippen LogP contribution >= 0.6 is 0 Å². The summed E-state index contributed by atoms with van der Waals surface area (Å²) in [7, 11) is 0. The number of anilines is 2. The maximum Gasteiger partial charge on any atom is 0.238 e. The van der Waals surface area contributed by atoms with Crippen LogP contribution in [0.1, 0.15) is 32.3 Å². The molecule has 2 aliphatic rings. The molecule has 148 valence electrons. The van der Waals surface area contributed by atoms with Crippen LogP contribution in [0, 0.1) is 5.82 Å². The van der Waals surface area contributed by atoms with Gasteiger partial charge >= 0.3 is 0 Å². The summed E-state index contributed by atoms with van der Waals surface area (Å²) >= 11 is 0. The highest BCUT2D eigenvalue weighted by molar-refractivity contribution is 6.07. The molecule has 0 saturated carbocycles. The van der Waals surface area contributed by atoms with Gasteiger partial charge in [-0.2, -0.15) is 0 Å². The first kappa shape index (κ1) is 18.0. The van der Waals surface area contributed by atoms with Crippen molar-refractivity contribution in [2.75, 3.05) is 22.9 Å². The van der Waals surface area contributed by atoms with Gasteiger partial charge in [-0.15, -0.1) is 0 Å². The SMILES string of the molecule is CC1(C)C(=O)N(C2CCN(c3ccc4cc(F)ccc4n3)CC2)c2ncccc21. The summed E-state index contributed by atoms with van der Waals surface area (Å²) in [5.74, 6) is 1.59. The van der Waals surface area contributed by atoms with E-state index in [1.807, 2.05) is 43.0 Å². The van der Waals surface area contributed by atoms with Crippen LogP contribution < -0.4 is 9.80 Å². The molecule has 5 rings (SSSR count). The minimum Gasteiger partial charge on any atom is -0.356 e. The van der Waals surface area contributed by atoms with Crippen molar-refractivity contribution in [1.82, 2.24) is 9.97 Å². The van der Waals surface area contributed by atoms with Gasteiger partial charge in [-0.1, -0.05) is 6.07 Å². The van der Waals surface area contributed by atoms with Crippen molar-refractivity contribution in [3.63, 3.8) is 0 Å². The van der Waals surface area contributed by atoms with Crippen molar-refractivity contribution in [2.24, 2.45) is 0 Å². The number of rotatable bonds is 2. The van der Waals surface area contributed by atoms with Crippen LogP contribution in [-0.4, -0.2) is 35.0 Å². The topological polar surface area (TPSA) is 49.3 Å². The molecule has 0 bridgehead atoms. The Morgan fingerprint density at radius 1 is 1.10 bits per heavy atom. The van der Waals surface area contributed by atoms with Crippen LogP contribution in [0.5, 0.6) is 0 Å². The summed E-state index contributed by atoms with van der Waals surface area (Å²) in [6.07, 6.45) is 3.49. The highest BCUT2D eigenvalue weighted by Gasteiger charge is 2.47. The zero-order valence-electron chi connectivity index (χ0n) is 16.6. The summed E-state index contributed by atoms with van der Waals surface area (Å²) in [5.41, 5.74) is 1.27. The molecule has 0 atom stereocenters. The molecule has 4 heterocycles. The highest BCUT2D eigenvalue weighted by atomic mass is 19.1. The molecule has 3 aromatic rings. The molecular formula is C23H23FN4O. The summed E-state index contributed by atoms with van der Waals surface area (Å²) < 4.78 is 13.4. The van der Waals surface area contributed by atoms with Gasteiger partial charge in [0, 0.05) is 36.3 Å². The molecule has 29 heavy (non-hydrogen) atoms. The number of carbonyl (C=O) groups is 1. The van der Waals surface area contributed by atoms with Gasteiger partial charge in [0.1, 0.15) is 17.5 Å². The molecule has 5 nitrogen and oxygen atoms in total. The summed E-state index contributed by atoms with van der Waals surface area (Å²) in [4.78, 5) is 26.5. The number of piperidine rings is 1. The number of pyridine rings is 2. The van der Waals surface area contributed by atoms with Gasteiger partial charge in [-0.05, 0) is 63.1 Å². The molecule has 2 aliphatic heterocycles. The monoisotopic (exact) mass is 390 g/mol. The number of nitrogens with zero attached hydrogens (tertiary/aromatic N) is 4. The molecule has 1 amide bonds. The van der Waals surface area contributed by atoms with Crippen molar-refractivity contribution >= 4 is 28.4 Å². The van der Waals surface area contributed by atoms with E-state index in [0.29, 0.717) is 0 Å². The molecule has 1 aromatic carbocycles. The fourth-order valence-corrected chi connectivity index (χ4v) is 4.54. The Hall–Kier alpha value is -3.02. The first-order valence-corrected chi connectivity index (χ1v) is 10.1. The smallest absolute Gasteiger partial charge is 0.238 e. The summed E-state index contributed by atoms with van der Waals surface area (Å²) in [6.45, 7) is 5.59. The maximum atomic E-state index is 13.4. The van der Waals surface area contributed by atoms with E-state index in [9.17, 15) is 9.18 Å². The lowest BCUT2D eigenvalue weighted by Gasteiger charge is -2.37. The van der Waals surface area contributed by atoms with E-state index in [0.717, 1.165) is 54.0 Å². The Labute approximate surface area is 169 Å². The number of amides is 1. The third-order valence-electron chi connectivity index (χ3n) is 6.23. The number of fused-ring (bicyclic) bond motifs is 2. The maximum absolute atomic E-state index is 13.4. The van der Waals surface area contributed by atoms with Crippen LogP contribution in [0.4, 0.5) is 16.0 Å². The van der Waals surface area contributed by atoms with Crippen LogP contribution in [0.15, 0.2) is 48.7 Å². The molecule has 0 spiro atoms. The Morgan fingerprint density at radius 3 is 2.69 bits per heavy atom. The molecular weight excluding hydrogens is 367 g/mol. The van der Waals surface area contributed by atoms with Gasteiger partial charge in [0.2, 0.25) is 5.91 Å². The minimum atomic E-state index is -0.532. The van der Waals surface area contributed by atoms with Crippen molar-refractivity contribution < 1.29 is 9.18 Å². The van der Waals surface area contributed by atoms with Gasteiger partial charge in [-0.25, -0.2) is 14.4 Å². The van der Waals surface area contributed by atoms with Crippen LogP contribution in [0.2, 0.25) is 0 Å². The second kappa shape index (κ2) is 6.51. The first-order valence-electron chi connectivity index (χ1n) is 10.1. The Bertz CT molecular complexity index is 1100. The molecule has 0 N–H and O–H groups in total. The predicted molar refractivity (Wildman–Crippen MR) is 112 cm³/mol. The number of hydrogen-bond acceptors (Lipinski definition) is 4. The molecule has 0 aliphatic carbocycles. The van der Waals surface area contributed by atoms with E-state index >= 15 is 0 Å². The molecule has 0 unspecified atom stereocenters. The van der Waals surface area contributed by atoms with E-state index < -0.39 is 5.41 Å². The van der Waals surface area contributed by atoms with E-state index in [4.69, 9.17) is 4.98 Å². The zero-order valence-corrected chi connectivity index (χ0v) is 16.6. The third kappa shape index (κ3) is 2.85. The Balaban J connectivity index is 1.36. The second-order valence-electron chi connectivity index (χ2n) is 8.40. The normalized spacial score (nSPS) is 19.1. The second-order valence-corrected chi connectivity index (χ2v) is 8.40. The highest BCUT2D eigenvalue weighted by Crippen LogP contribution is 2.42. The Kier molecular flexibility index (Phi) is 4.05. The van der Waals surface area contributed by atoms with Crippen molar-refractivity contribution in [1.29, 1.82) is 0 Å². The molecule has 0 radical (unpaired) electrons. The van der Waals surface area contributed by atoms with Gasteiger partial charge in [0.05, 0.1) is 10.9 Å². The number of aromatic nitrogens is 2. The quantitative estimate of drug-likeness (QED) is 0.662. The number of carbonyl (C=O) groups excluding carboxylic acids is 1. The van der Waals surface area contributed by atoms with E-state index in [1.54, 1.807) is 12.3 Å².